The van der Waals surface area contributed by atoms with Crippen LogP contribution in [0.3, 0.4) is 0 Å². The maximum Gasteiger partial charge on any atom is 0.242 e. The molecule has 5 N–H and O–H groups in total. The summed E-state index contributed by atoms with van der Waals surface area (Å²) in [4.78, 5) is 23.8. The Morgan fingerprint density at radius 1 is 1.21 bits per heavy atom. The topological polar surface area (TPSA) is 117 Å². The maximum atomic E-state index is 12.0. The van der Waals surface area contributed by atoms with E-state index >= 15 is 0 Å². The van der Waals surface area contributed by atoms with Gasteiger partial charge in [-0.15, -0.1) is 0 Å². The summed E-state index contributed by atoms with van der Waals surface area (Å²) in [5.41, 5.74) is 3.88. The standard InChI is InChI=1S/C12H24N4O3/c1-7(8(17)15-11(2,3)4)14-10(18)12(5,6)9(13)16-19/h7,19H,1-6H3,(H2,13,16)(H,14,18)(H,15,17). The number of oxime groups is 1. The first-order valence-electron chi connectivity index (χ1n) is 6.03. The highest BCUT2D eigenvalue weighted by Crippen LogP contribution is 2.15. The zero-order valence-electron chi connectivity index (χ0n) is 12.4. The molecular weight excluding hydrogens is 248 g/mol. The normalized spacial score (nSPS) is 14.7. The van der Waals surface area contributed by atoms with Crippen molar-refractivity contribution in [1.82, 2.24) is 10.6 Å². The van der Waals surface area contributed by atoms with Crippen LogP contribution in [0.4, 0.5) is 0 Å². The van der Waals surface area contributed by atoms with E-state index in [0.29, 0.717) is 0 Å². The van der Waals surface area contributed by atoms with E-state index in [9.17, 15) is 9.59 Å². The molecule has 2 amide bonds. The Balaban J connectivity index is 4.70. The fourth-order valence-electron chi connectivity index (χ4n) is 1.16. The number of nitrogens with one attached hydrogen (secondary N) is 2. The summed E-state index contributed by atoms with van der Waals surface area (Å²) >= 11 is 0. The summed E-state index contributed by atoms with van der Waals surface area (Å²) in [5, 5.41) is 16.7. The van der Waals surface area contributed by atoms with Crippen LogP contribution in [0.25, 0.3) is 0 Å². The third-order valence-corrected chi connectivity index (χ3v) is 2.55. The van der Waals surface area contributed by atoms with Crippen LogP contribution in [-0.4, -0.2) is 34.4 Å². The van der Waals surface area contributed by atoms with Gasteiger partial charge in [0.1, 0.15) is 11.5 Å². The van der Waals surface area contributed by atoms with Crippen molar-refractivity contribution < 1.29 is 14.8 Å². The number of rotatable bonds is 4. The first-order chi connectivity index (χ1) is 8.41. The van der Waals surface area contributed by atoms with Gasteiger partial charge in [-0.2, -0.15) is 0 Å². The van der Waals surface area contributed by atoms with Gasteiger partial charge in [0.25, 0.3) is 0 Å². The third-order valence-electron chi connectivity index (χ3n) is 2.55. The predicted molar refractivity (Wildman–Crippen MR) is 72.7 cm³/mol. The van der Waals surface area contributed by atoms with E-state index in [-0.39, 0.29) is 17.3 Å². The van der Waals surface area contributed by atoms with E-state index in [4.69, 9.17) is 10.9 Å². The molecular formula is C12H24N4O3. The van der Waals surface area contributed by atoms with Crippen molar-refractivity contribution in [3.8, 4) is 0 Å². The lowest BCUT2D eigenvalue weighted by Gasteiger charge is -2.27. The zero-order valence-corrected chi connectivity index (χ0v) is 12.4. The molecule has 7 nitrogen and oxygen atoms in total. The van der Waals surface area contributed by atoms with Gasteiger partial charge in [0.05, 0.1) is 0 Å². The minimum absolute atomic E-state index is 0.214. The van der Waals surface area contributed by atoms with Crippen LogP contribution in [-0.2, 0) is 9.59 Å². The van der Waals surface area contributed by atoms with Gasteiger partial charge in [0.2, 0.25) is 11.8 Å². The molecule has 0 bridgehead atoms. The van der Waals surface area contributed by atoms with Crippen LogP contribution in [0.1, 0.15) is 41.5 Å². The van der Waals surface area contributed by atoms with E-state index in [1.165, 1.54) is 13.8 Å². The van der Waals surface area contributed by atoms with Gasteiger partial charge in [-0.3, -0.25) is 9.59 Å². The van der Waals surface area contributed by atoms with Gasteiger partial charge in [-0.05, 0) is 41.5 Å². The summed E-state index contributed by atoms with van der Waals surface area (Å²) in [7, 11) is 0. The molecule has 0 heterocycles. The number of amides is 2. The predicted octanol–water partition coefficient (Wildman–Crippen LogP) is 0.178. The fraction of sp³-hybridized carbons (Fsp3) is 0.750. The van der Waals surface area contributed by atoms with E-state index in [0.717, 1.165) is 0 Å². The number of nitrogens with two attached hydrogens (primary N) is 1. The molecule has 0 aromatic carbocycles. The lowest BCUT2D eigenvalue weighted by Crippen LogP contribution is -2.55. The molecule has 0 aromatic heterocycles. The molecule has 0 aliphatic carbocycles. The second-order valence-corrected chi connectivity index (χ2v) is 6.04. The number of hydrogen-bond donors (Lipinski definition) is 4. The smallest absolute Gasteiger partial charge is 0.242 e. The lowest BCUT2D eigenvalue weighted by atomic mass is 9.90. The second kappa shape index (κ2) is 5.90. The van der Waals surface area contributed by atoms with Crippen molar-refractivity contribution >= 4 is 17.6 Å². The highest BCUT2D eigenvalue weighted by Gasteiger charge is 2.34. The third kappa shape index (κ3) is 5.15. The molecule has 0 radical (unpaired) electrons. The van der Waals surface area contributed by atoms with E-state index < -0.39 is 17.4 Å². The Bertz CT molecular complexity index is 383. The molecule has 0 saturated carbocycles. The largest absolute Gasteiger partial charge is 0.409 e. The average Bonchev–Trinajstić information content (AvgIpc) is 2.25. The molecule has 0 spiro atoms. The van der Waals surface area contributed by atoms with Gasteiger partial charge in [0, 0.05) is 5.54 Å². The molecule has 0 aliphatic heterocycles. The molecule has 7 heteroatoms. The van der Waals surface area contributed by atoms with E-state index in [2.05, 4.69) is 15.8 Å². The number of nitrogens with zero attached hydrogens (tertiary/aromatic N) is 1. The van der Waals surface area contributed by atoms with Gasteiger partial charge in [-0.1, -0.05) is 5.16 Å². The van der Waals surface area contributed by atoms with Crippen LogP contribution in [0.15, 0.2) is 5.16 Å². The van der Waals surface area contributed by atoms with Crippen LogP contribution in [0, 0.1) is 5.41 Å². The minimum Gasteiger partial charge on any atom is -0.409 e. The first kappa shape index (κ1) is 17.2. The molecule has 0 rings (SSSR count). The highest BCUT2D eigenvalue weighted by molar-refractivity contribution is 6.06. The van der Waals surface area contributed by atoms with Crippen LogP contribution in [0.2, 0.25) is 0 Å². The Kier molecular flexibility index (Phi) is 5.34. The molecule has 1 atom stereocenters. The number of carbonyl (C=O) groups excluding carboxylic acids is 2. The second-order valence-electron chi connectivity index (χ2n) is 6.04. The van der Waals surface area contributed by atoms with Crippen LogP contribution >= 0.6 is 0 Å². The molecule has 0 aromatic rings. The van der Waals surface area contributed by atoms with Gasteiger partial charge >= 0.3 is 0 Å². The highest BCUT2D eigenvalue weighted by atomic mass is 16.4. The van der Waals surface area contributed by atoms with Crippen molar-refractivity contribution in [2.75, 3.05) is 0 Å². The van der Waals surface area contributed by atoms with Gasteiger partial charge < -0.3 is 21.6 Å². The number of amidine groups is 1. The Morgan fingerprint density at radius 2 is 1.68 bits per heavy atom. The zero-order chi connectivity index (χ0) is 15.4. The first-order valence-corrected chi connectivity index (χ1v) is 6.03. The van der Waals surface area contributed by atoms with Gasteiger partial charge in [-0.25, -0.2) is 0 Å². The average molecular weight is 272 g/mol. The monoisotopic (exact) mass is 272 g/mol. The molecule has 1 unspecified atom stereocenters. The number of carbonyl (C=O) groups is 2. The van der Waals surface area contributed by atoms with Crippen molar-refractivity contribution in [1.29, 1.82) is 0 Å². The summed E-state index contributed by atoms with van der Waals surface area (Å²) in [5.74, 6) is -0.996. The van der Waals surface area contributed by atoms with Crippen molar-refractivity contribution in [2.45, 2.75) is 53.1 Å². The molecule has 19 heavy (non-hydrogen) atoms. The van der Waals surface area contributed by atoms with Crippen LogP contribution < -0.4 is 16.4 Å². The Labute approximate surface area is 113 Å². The van der Waals surface area contributed by atoms with E-state index in [1.807, 2.05) is 20.8 Å². The summed E-state index contributed by atoms with van der Waals surface area (Å²) < 4.78 is 0. The summed E-state index contributed by atoms with van der Waals surface area (Å²) in [6.45, 7) is 10.1. The van der Waals surface area contributed by atoms with Crippen molar-refractivity contribution in [3.63, 3.8) is 0 Å². The molecule has 110 valence electrons. The summed E-state index contributed by atoms with van der Waals surface area (Å²) in [6, 6.07) is -0.711. The maximum absolute atomic E-state index is 12.0. The molecule has 0 saturated heterocycles. The lowest BCUT2D eigenvalue weighted by molar-refractivity contribution is -0.132. The number of hydrogen-bond acceptors (Lipinski definition) is 4. The SMILES string of the molecule is CC(NC(=O)C(C)(C)C(N)=NO)C(=O)NC(C)(C)C. The van der Waals surface area contributed by atoms with Crippen molar-refractivity contribution in [2.24, 2.45) is 16.3 Å². The summed E-state index contributed by atoms with van der Waals surface area (Å²) in [6.07, 6.45) is 0. The molecule has 0 fully saturated rings. The van der Waals surface area contributed by atoms with Gasteiger partial charge in [0.15, 0.2) is 5.84 Å². The van der Waals surface area contributed by atoms with Crippen molar-refractivity contribution in [3.05, 3.63) is 0 Å². The molecule has 0 aliphatic rings. The van der Waals surface area contributed by atoms with E-state index in [1.54, 1.807) is 6.92 Å². The Morgan fingerprint density at radius 3 is 2.05 bits per heavy atom. The Hall–Kier alpha value is -1.79. The fourth-order valence-corrected chi connectivity index (χ4v) is 1.16. The minimum atomic E-state index is -1.19. The quantitative estimate of drug-likeness (QED) is 0.253. The van der Waals surface area contributed by atoms with Crippen LogP contribution in [0.5, 0.6) is 0 Å².